The van der Waals surface area contributed by atoms with Crippen LogP contribution in [0.5, 0.6) is 5.75 Å². The highest BCUT2D eigenvalue weighted by Crippen LogP contribution is 2.27. The standard InChI is InChI=1S/C16H20ClN3O3/c1-4-11-7-14(23-20-11)10(2)18-9-16(21)19-12-5-6-13(17)15(8-12)22-3/h5-8,10,18H,4,9H2,1-3H3,(H,19,21). The molecule has 1 heterocycles. The fraction of sp³-hybridized carbons (Fsp3) is 0.375. The molecule has 1 atom stereocenters. The van der Waals surface area contributed by atoms with Gasteiger partial charge in [-0.3, -0.25) is 10.1 Å². The fourth-order valence-corrected chi connectivity index (χ4v) is 2.18. The molecule has 0 radical (unpaired) electrons. The minimum Gasteiger partial charge on any atom is -0.495 e. The molecule has 7 heteroatoms. The summed E-state index contributed by atoms with van der Waals surface area (Å²) in [6.07, 6.45) is 0.815. The number of halogens is 1. The van der Waals surface area contributed by atoms with Crippen molar-refractivity contribution in [1.29, 1.82) is 0 Å². The van der Waals surface area contributed by atoms with Crippen molar-refractivity contribution in [2.75, 3.05) is 19.0 Å². The second-order valence-corrected chi connectivity index (χ2v) is 5.48. The van der Waals surface area contributed by atoms with Gasteiger partial charge in [0.2, 0.25) is 5.91 Å². The minimum absolute atomic E-state index is 0.103. The molecule has 23 heavy (non-hydrogen) atoms. The number of rotatable bonds is 7. The summed E-state index contributed by atoms with van der Waals surface area (Å²) in [6.45, 7) is 4.07. The Hall–Kier alpha value is -2.05. The maximum absolute atomic E-state index is 12.0. The van der Waals surface area contributed by atoms with Crippen LogP contribution in [0.1, 0.15) is 31.3 Å². The first kappa shape index (κ1) is 17.3. The number of amides is 1. The van der Waals surface area contributed by atoms with Gasteiger partial charge in [0, 0.05) is 17.8 Å². The van der Waals surface area contributed by atoms with Gasteiger partial charge in [0.25, 0.3) is 0 Å². The lowest BCUT2D eigenvalue weighted by Gasteiger charge is -2.11. The number of aromatic nitrogens is 1. The maximum Gasteiger partial charge on any atom is 0.238 e. The number of methoxy groups -OCH3 is 1. The second kappa shape index (κ2) is 7.99. The van der Waals surface area contributed by atoms with E-state index in [2.05, 4.69) is 15.8 Å². The van der Waals surface area contributed by atoms with Crippen LogP contribution in [0.2, 0.25) is 5.02 Å². The molecule has 1 unspecified atom stereocenters. The number of carbonyl (C=O) groups excluding carboxylic acids is 1. The Bertz CT molecular complexity index is 672. The van der Waals surface area contributed by atoms with Crippen LogP contribution in [-0.4, -0.2) is 24.7 Å². The number of ether oxygens (including phenoxy) is 1. The summed E-state index contributed by atoms with van der Waals surface area (Å²) in [4.78, 5) is 12.0. The predicted molar refractivity (Wildman–Crippen MR) is 88.9 cm³/mol. The van der Waals surface area contributed by atoms with E-state index in [9.17, 15) is 4.79 Å². The first-order chi connectivity index (χ1) is 11.0. The first-order valence-corrected chi connectivity index (χ1v) is 7.73. The molecule has 0 aliphatic rings. The van der Waals surface area contributed by atoms with Gasteiger partial charge >= 0.3 is 0 Å². The average Bonchev–Trinajstić information content (AvgIpc) is 3.03. The van der Waals surface area contributed by atoms with Crippen molar-refractivity contribution >= 4 is 23.2 Å². The number of anilines is 1. The van der Waals surface area contributed by atoms with E-state index in [1.54, 1.807) is 18.2 Å². The van der Waals surface area contributed by atoms with Crippen LogP contribution in [0.25, 0.3) is 0 Å². The highest BCUT2D eigenvalue weighted by molar-refractivity contribution is 6.32. The number of nitrogens with zero attached hydrogens (tertiary/aromatic N) is 1. The van der Waals surface area contributed by atoms with Crippen molar-refractivity contribution < 1.29 is 14.1 Å². The van der Waals surface area contributed by atoms with E-state index in [0.29, 0.717) is 22.2 Å². The first-order valence-electron chi connectivity index (χ1n) is 7.35. The molecule has 0 bridgehead atoms. The van der Waals surface area contributed by atoms with Crippen LogP contribution in [-0.2, 0) is 11.2 Å². The van der Waals surface area contributed by atoms with Crippen molar-refractivity contribution in [2.45, 2.75) is 26.3 Å². The van der Waals surface area contributed by atoms with Gasteiger partial charge < -0.3 is 14.6 Å². The Kier molecular flexibility index (Phi) is 6.01. The molecule has 2 N–H and O–H groups in total. The highest BCUT2D eigenvalue weighted by Gasteiger charge is 2.13. The number of hydrogen-bond acceptors (Lipinski definition) is 5. The van der Waals surface area contributed by atoms with Crippen molar-refractivity contribution in [1.82, 2.24) is 10.5 Å². The smallest absolute Gasteiger partial charge is 0.238 e. The summed E-state index contributed by atoms with van der Waals surface area (Å²) in [5.41, 5.74) is 1.52. The molecule has 0 saturated heterocycles. The molecule has 0 spiro atoms. The Morgan fingerprint density at radius 1 is 1.43 bits per heavy atom. The molecule has 2 aromatic rings. The Morgan fingerprint density at radius 2 is 2.22 bits per heavy atom. The summed E-state index contributed by atoms with van der Waals surface area (Å²) in [7, 11) is 1.53. The van der Waals surface area contributed by atoms with Crippen LogP contribution >= 0.6 is 11.6 Å². The number of benzene rings is 1. The molecule has 1 amide bonds. The third-order valence-electron chi connectivity index (χ3n) is 3.37. The van der Waals surface area contributed by atoms with E-state index in [1.807, 2.05) is 19.9 Å². The summed E-state index contributed by atoms with van der Waals surface area (Å²) in [5.74, 6) is 1.05. The van der Waals surface area contributed by atoms with Gasteiger partial charge in [0.15, 0.2) is 5.76 Å². The molecular weight excluding hydrogens is 318 g/mol. The molecule has 2 rings (SSSR count). The molecule has 124 valence electrons. The largest absolute Gasteiger partial charge is 0.495 e. The summed E-state index contributed by atoms with van der Waals surface area (Å²) >= 11 is 5.95. The lowest BCUT2D eigenvalue weighted by Crippen LogP contribution is -2.30. The molecule has 6 nitrogen and oxygen atoms in total. The van der Waals surface area contributed by atoms with Crippen molar-refractivity contribution in [3.05, 3.63) is 40.7 Å². The third kappa shape index (κ3) is 4.71. The average molecular weight is 338 g/mol. The Balaban J connectivity index is 1.87. The molecule has 1 aromatic carbocycles. The van der Waals surface area contributed by atoms with Gasteiger partial charge in [-0.15, -0.1) is 0 Å². The van der Waals surface area contributed by atoms with Gasteiger partial charge in [-0.1, -0.05) is 23.7 Å². The van der Waals surface area contributed by atoms with Crippen LogP contribution < -0.4 is 15.4 Å². The number of nitrogens with one attached hydrogen (secondary N) is 2. The van der Waals surface area contributed by atoms with Crippen LogP contribution in [0, 0.1) is 0 Å². The normalized spacial score (nSPS) is 12.0. The molecular formula is C16H20ClN3O3. The molecule has 0 fully saturated rings. The number of hydrogen-bond donors (Lipinski definition) is 2. The zero-order valence-electron chi connectivity index (χ0n) is 13.4. The summed E-state index contributed by atoms with van der Waals surface area (Å²) in [6, 6.07) is 6.85. The van der Waals surface area contributed by atoms with Crippen molar-refractivity contribution in [3.63, 3.8) is 0 Å². The Morgan fingerprint density at radius 3 is 2.87 bits per heavy atom. The predicted octanol–water partition coefficient (Wildman–Crippen LogP) is 3.19. The third-order valence-corrected chi connectivity index (χ3v) is 3.68. The molecule has 0 aliphatic carbocycles. The lowest BCUT2D eigenvalue weighted by atomic mass is 10.2. The van der Waals surface area contributed by atoms with E-state index >= 15 is 0 Å². The number of carbonyl (C=O) groups is 1. The maximum atomic E-state index is 12.0. The van der Waals surface area contributed by atoms with Crippen LogP contribution in [0.15, 0.2) is 28.8 Å². The number of aryl methyl sites for hydroxylation is 1. The SMILES string of the molecule is CCc1cc(C(C)NCC(=O)Nc2ccc(Cl)c(OC)c2)on1. The monoisotopic (exact) mass is 337 g/mol. The summed E-state index contributed by atoms with van der Waals surface area (Å²) in [5, 5.41) is 10.3. The van der Waals surface area contributed by atoms with Gasteiger partial charge in [-0.25, -0.2) is 0 Å². The molecule has 0 saturated carbocycles. The highest BCUT2D eigenvalue weighted by atomic mass is 35.5. The van der Waals surface area contributed by atoms with E-state index in [4.69, 9.17) is 20.9 Å². The summed E-state index contributed by atoms with van der Waals surface area (Å²) < 4.78 is 10.4. The second-order valence-electron chi connectivity index (χ2n) is 5.07. The van der Waals surface area contributed by atoms with Gasteiger partial charge in [-0.05, 0) is 25.5 Å². The van der Waals surface area contributed by atoms with E-state index < -0.39 is 0 Å². The van der Waals surface area contributed by atoms with Crippen molar-refractivity contribution in [2.24, 2.45) is 0 Å². The Labute approximate surface area is 140 Å². The van der Waals surface area contributed by atoms with E-state index in [0.717, 1.165) is 12.1 Å². The van der Waals surface area contributed by atoms with Crippen LogP contribution in [0.3, 0.4) is 0 Å². The van der Waals surface area contributed by atoms with Crippen molar-refractivity contribution in [3.8, 4) is 5.75 Å². The lowest BCUT2D eigenvalue weighted by molar-refractivity contribution is -0.115. The zero-order chi connectivity index (χ0) is 16.8. The van der Waals surface area contributed by atoms with E-state index in [-0.39, 0.29) is 18.5 Å². The molecule has 1 aromatic heterocycles. The topological polar surface area (TPSA) is 76.4 Å². The fourth-order valence-electron chi connectivity index (χ4n) is 1.99. The van der Waals surface area contributed by atoms with E-state index in [1.165, 1.54) is 7.11 Å². The molecule has 0 aliphatic heterocycles. The van der Waals surface area contributed by atoms with Gasteiger partial charge in [0.05, 0.1) is 30.4 Å². The quantitative estimate of drug-likeness (QED) is 0.811. The van der Waals surface area contributed by atoms with Crippen LogP contribution in [0.4, 0.5) is 5.69 Å². The zero-order valence-corrected chi connectivity index (χ0v) is 14.1. The van der Waals surface area contributed by atoms with Gasteiger partial charge in [-0.2, -0.15) is 0 Å². The van der Waals surface area contributed by atoms with Gasteiger partial charge in [0.1, 0.15) is 5.75 Å². The minimum atomic E-state index is -0.170.